The minimum Gasteiger partial charge on any atom is -0.462 e. The Morgan fingerprint density at radius 2 is 0.654 bits per heavy atom. The maximum atomic E-state index is 12.6. The van der Waals surface area contributed by atoms with E-state index in [1.54, 1.807) is 0 Å². The van der Waals surface area contributed by atoms with Crippen molar-refractivity contribution in [1.82, 2.24) is 0 Å². The van der Waals surface area contributed by atoms with Gasteiger partial charge < -0.3 is 14.2 Å². The molecule has 0 aromatic heterocycles. The largest absolute Gasteiger partial charge is 0.462 e. The highest BCUT2D eigenvalue weighted by atomic mass is 16.6. The summed E-state index contributed by atoms with van der Waals surface area (Å²) in [6.45, 7) is 6.52. The van der Waals surface area contributed by atoms with Crippen LogP contribution in [0.25, 0.3) is 0 Å². The van der Waals surface area contributed by atoms with Crippen LogP contribution in [-0.2, 0) is 28.6 Å². The summed E-state index contributed by atoms with van der Waals surface area (Å²) in [7, 11) is 0. The Bertz CT molecular complexity index is 850. The average molecular weight is 733 g/mol. The summed E-state index contributed by atoms with van der Waals surface area (Å²) >= 11 is 0. The average Bonchev–Trinajstić information content (AvgIpc) is 3.14. The second-order valence-corrected chi connectivity index (χ2v) is 15.0. The Balaban J connectivity index is 4.30. The second kappa shape index (κ2) is 41.6. The molecule has 0 aliphatic rings. The highest BCUT2D eigenvalue weighted by Gasteiger charge is 2.19. The molecule has 0 spiro atoms. The zero-order valence-corrected chi connectivity index (χ0v) is 34.6. The molecule has 6 nitrogen and oxygen atoms in total. The summed E-state index contributed by atoms with van der Waals surface area (Å²) in [5.74, 6) is -0.959. The van der Waals surface area contributed by atoms with Crippen molar-refractivity contribution in [3.8, 4) is 0 Å². The van der Waals surface area contributed by atoms with Crippen LogP contribution in [0.15, 0.2) is 24.3 Å². The maximum Gasteiger partial charge on any atom is 0.306 e. The van der Waals surface area contributed by atoms with Crippen LogP contribution in [0.2, 0.25) is 0 Å². The number of ether oxygens (including phenoxy) is 3. The van der Waals surface area contributed by atoms with Crippen LogP contribution in [0.1, 0.15) is 233 Å². The summed E-state index contributed by atoms with van der Waals surface area (Å²) in [6, 6.07) is 0. The van der Waals surface area contributed by atoms with Crippen LogP contribution in [0, 0.1) is 0 Å². The number of hydrogen-bond acceptors (Lipinski definition) is 6. The van der Waals surface area contributed by atoms with Crippen molar-refractivity contribution in [2.75, 3.05) is 13.2 Å². The molecule has 0 aromatic carbocycles. The van der Waals surface area contributed by atoms with Gasteiger partial charge in [0.05, 0.1) is 0 Å². The van der Waals surface area contributed by atoms with E-state index in [0.717, 1.165) is 51.4 Å². The summed E-state index contributed by atoms with van der Waals surface area (Å²) in [5.41, 5.74) is 0. The Hall–Kier alpha value is -2.11. The van der Waals surface area contributed by atoms with Crippen molar-refractivity contribution in [1.29, 1.82) is 0 Å². The van der Waals surface area contributed by atoms with Gasteiger partial charge in [-0.15, -0.1) is 0 Å². The molecule has 6 heteroatoms. The van der Waals surface area contributed by atoms with Crippen molar-refractivity contribution < 1.29 is 28.6 Å². The number of carbonyl (C=O) groups excluding carboxylic acids is 3. The Kier molecular flexibility index (Phi) is 40.0. The minimum absolute atomic E-state index is 0.0882. The topological polar surface area (TPSA) is 78.9 Å². The molecule has 0 radical (unpaired) electrons. The lowest BCUT2D eigenvalue weighted by molar-refractivity contribution is -0.167. The van der Waals surface area contributed by atoms with Gasteiger partial charge in [0, 0.05) is 19.3 Å². The van der Waals surface area contributed by atoms with E-state index in [2.05, 4.69) is 45.1 Å². The van der Waals surface area contributed by atoms with Crippen LogP contribution in [0.5, 0.6) is 0 Å². The fourth-order valence-corrected chi connectivity index (χ4v) is 6.27. The standard InChI is InChI=1S/C46H84O6/c1-4-7-10-13-16-19-20-21-22-23-24-25-28-30-33-36-39-45(48)51-42-43(52-46(49)40-37-34-31-27-18-15-12-9-6-3)41-50-44(47)38-35-32-29-26-17-14-11-8-5-2/h26-27,29,31,43H,4-25,28,30,32-42H2,1-3H3/b29-26-,31-27-. The van der Waals surface area contributed by atoms with Crippen molar-refractivity contribution in [3.05, 3.63) is 24.3 Å². The van der Waals surface area contributed by atoms with Crippen LogP contribution in [-0.4, -0.2) is 37.2 Å². The molecule has 0 aliphatic carbocycles. The third kappa shape index (κ3) is 39.1. The van der Waals surface area contributed by atoms with Gasteiger partial charge in [0.15, 0.2) is 6.10 Å². The summed E-state index contributed by atoms with van der Waals surface area (Å²) in [4.78, 5) is 37.5. The van der Waals surface area contributed by atoms with Gasteiger partial charge in [-0.1, -0.05) is 180 Å². The maximum absolute atomic E-state index is 12.6. The zero-order chi connectivity index (χ0) is 38.0. The lowest BCUT2D eigenvalue weighted by atomic mass is 10.0. The fourth-order valence-electron chi connectivity index (χ4n) is 6.27. The highest BCUT2D eigenvalue weighted by Crippen LogP contribution is 2.15. The van der Waals surface area contributed by atoms with E-state index in [1.165, 1.54) is 135 Å². The number of hydrogen-bond donors (Lipinski definition) is 0. The normalized spacial score (nSPS) is 12.1. The van der Waals surface area contributed by atoms with Crippen molar-refractivity contribution in [3.63, 3.8) is 0 Å². The van der Waals surface area contributed by atoms with Crippen molar-refractivity contribution in [2.24, 2.45) is 0 Å². The molecule has 0 aliphatic heterocycles. The third-order valence-corrected chi connectivity index (χ3v) is 9.68. The molecule has 304 valence electrons. The summed E-state index contributed by atoms with van der Waals surface area (Å²) in [6.07, 6.45) is 44.7. The first-order valence-electron chi connectivity index (χ1n) is 22.3. The highest BCUT2D eigenvalue weighted by molar-refractivity contribution is 5.71. The number of allylic oxidation sites excluding steroid dienone is 4. The van der Waals surface area contributed by atoms with Crippen molar-refractivity contribution >= 4 is 17.9 Å². The van der Waals surface area contributed by atoms with Crippen LogP contribution >= 0.6 is 0 Å². The Morgan fingerprint density at radius 3 is 1.04 bits per heavy atom. The van der Waals surface area contributed by atoms with E-state index in [4.69, 9.17) is 14.2 Å². The van der Waals surface area contributed by atoms with E-state index < -0.39 is 6.10 Å². The molecule has 0 heterocycles. The smallest absolute Gasteiger partial charge is 0.306 e. The first-order valence-corrected chi connectivity index (χ1v) is 22.3. The number of esters is 3. The van der Waals surface area contributed by atoms with Crippen LogP contribution in [0.4, 0.5) is 0 Å². The van der Waals surface area contributed by atoms with Gasteiger partial charge >= 0.3 is 17.9 Å². The second-order valence-electron chi connectivity index (χ2n) is 15.0. The van der Waals surface area contributed by atoms with Crippen molar-refractivity contribution in [2.45, 2.75) is 239 Å². The molecule has 52 heavy (non-hydrogen) atoms. The third-order valence-electron chi connectivity index (χ3n) is 9.68. The predicted octanol–water partition coefficient (Wildman–Crippen LogP) is 14.0. The Labute approximate surface area is 322 Å². The van der Waals surface area contributed by atoms with Gasteiger partial charge in [-0.3, -0.25) is 14.4 Å². The predicted molar refractivity (Wildman–Crippen MR) is 219 cm³/mol. The molecular formula is C46H84O6. The summed E-state index contributed by atoms with van der Waals surface area (Å²) < 4.78 is 16.6. The minimum atomic E-state index is -0.789. The van der Waals surface area contributed by atoms with Gasteiger partial charge in [-0.25, -0.2) is 0 Å². The van der Waals surface area contributed by atoms with Gasteiger partial charge in [-0.2, -0.15) is 0 Å². The van der Waals surface area contributed by atoms with Gasteiger partial charge in [-0.05, 0) is 57.8 Å². The van der Waals surface area contributed by atoms with Gasteiger partial charge in [0.2, 0.25) is 0 Å². The first kappa shape index (κ1) is 49.9. The zero-order valence-electron chi connectivity index (χ0n) is 34.6. The Morgan fingerprint density at radius 1 is 0.365 bits per heavy atom. The van der Waals surface area contributed by atoms with E-state index >= 15 is 0 Å². The van der Waals surface area contributed by atoms with Gasteiger partial charge in [0.1, 0.15) is 13.2 Å². The van der Waals surface area contributed by atoms with E-state index in [9.17, 15) is 14.4 Å². The molecule has 0 amide bonds. The molecule has 1 unspecified atom stereocenters. The number of carbonyl (C=O) groups is 3. The quantitative estimate of drug-likeness (QED) is 0.0270. The lowest BCUT2D eigenvalue weighted by Crippen LogP contribution is -2.30. The molecule has 0 bridgehead atoms. The van der Waals surface area contributed by atoms with Gasteiger partial charge in [0.25, 0.3) is 0 Å². The number of rotatable bonds is 40. The van der Waals surface area contributed by atoms with Crippen LogP contribution < -0.4 is 0 Å². The SMILES string of the molecule is CCCCCC/C=C\CCCC(=O)OCC(COC(=O)CCCCCCCCCCCCCCCCCC)OC(=O)CCC/C=C\CCCCCC. The molecule has 0 aromatic rings. The fraction of sp³-hybridized carbons (Fsp3) is 0.848. The van der Waals surface area contributed by atoms with E-state index in [-0.39, 0.29) is 37.5 Å². The molecule has 0 saturated heterocycles. The molecule has 0 fully saturated rings. The van der Waals surface area contributed by atoms with E-state index in [1.807, 2.05) is 0 Å². The molecule has 0 N–H and O–H groups in total. The number of unbranched alkanes of at least 4 members (excludes halogenated alkanes) is 25. The molecule has 0 rings (SSSR count). The summed E-state index contributed by atoms with van der Waals surface area (Å²) in [5, 5.41) is 0. The lowest BCUT2D eigenvalue weighted by Gasteiger charge is -2.18. The van der Waals surface area contributed by atoms with Crippen LogP contribution in [0.3, 0.4) is 0 Å². The molecular weight excluding hydrogens is 649 g/mol. The molecule has 0 saturated carbocycles. The molecule has 1 atom stereocenters. The first-order chi connectivity index (χ1) is 25.5. The van der Waals surface area contributed by atoms with E-state index in [0.29, 0.717) is 19.3 Å². The monoisotopic (exact) mass is 733 g/mol.